The van der Waals surface area contributed by atoms with Crippen LogP contribution in [0.1, 0.15) is 10.5 Å². The number of carbonyl (C=O) groups excluding carboxylic acids is 1. The predicted molar refractivity (Wildman–Crippen MR) is 116 cm³/mol. The molecule has 6 nitrogen and oxygen atoms in total. The number of hydrogen-bond acceptors (Lipinski definition) is 5. The van der Waals surface area contributed by atoms with E-state index >= 15 is 0 Å². The third-order valence-corrected chi connectivity index (χ3v) is 4.97. The van der Waals surface area contributed by atoms with Gasteiger partial charge in [-0.1, -0.05) is 30.3 Å². The number of nitrogens with zero attached hydrogens (tertiary/aromatic N) is 3. The van der Waals surface area contributed by atoms with Crippen LogP contribution in [0.3, 0.4) is 0 Å². The zero-order valence-corrected chi connectivity index (χ0v) is 16.4. The molecule has 2 heterocycles. The van der Waals surface area contributed by atoms with Crippen molar-refractivity contribution in [3.63, 3.8) is 0 Å². The van der Waals surface area contributed by atoms with Gasteiger partial charge in [-0.25, -0.2) is 4.98 Å². The zero-order valence-electron chi connectivity index (χ0n) is 16.4. The van der Waals surface area contributed by atoms with Gasteiger partial charge in [0.15, 0.2) is 0 Å². The molecule has 0 aliphatic carbocycles. The number of rotatable bonds is 5. The molecule has 1 aliphatic heterocycles. The minimum Gasteiger partial charge on any atom is -0.378 e. The highest BCUT2D eigenvalue weighted by molar-refractivity contribution is 6.04. The van der Waals surface area contributed by atoms with E-state index in [1.165, 1.54) is 0 Å². The molecule has 29 heavy (non-hydrogen) atoms. The molecule has 148 valence electrons. The minimum atomic E-state index is -0.142. The molecule has 2 aromatic carbocycles. The van der Waals surface area contributed by atoms with Crippen LogP contribution < -0.4 is 15.1 Å². The summed E-state index contributed by atoms with van der Waals surface area (Å²) in [4.78, 5) is 21.0. The minimum absolute atomic E-state index is 0.142. The molecule has 6 heteroatoms. The van der Waals surface area contributed by atoms with E-state index in [0.717, 1.165) is 49.1 Å². The number of amides is 1. The second-order valence-electron chi connectivity index (χ2n) is 6.87. The number of carbonyl (C=O) groups is 1. The summed E-state index contributed by atoms with van der Waals surface area (Å²) in [6, 6.07) is 21.4. The number of nitrogens with one attached hydrogen (secondary N) is 1. The molecule has 1 fully saturated rings. The molecule has 0 saturated carbocycles. The second kappa shape index (κ2) is 8.75. The van der Waals surface area contributed by atoms with Crippen LogP contribution in [0.5, 0.6) is 0 Å². The smallest absolute Gasteiger partial charge is 0.276 e. The third-order valence-electron chi connectivity index (χ3n) is 4.97. The van der Waals surface area contributed by atoms with E-state index in [-0.39, 0.29) is 5.91 Å². The summed E-state index contributed by atoms with van der Waals surface area (Å²) in [5.74, 6) is -0.142. The Labute approximate surface area is 170 Å². The van der Waals surface area contributed by atoms with E-state index in [9.17, 15) is 4.79 Å². The Bertz CT molecular complexity index is 954. The van der Waals surface area contributed by atoms with Crippen LogP contribution in [-0.2, 0) is 4.74 Å². The van der Waals surface area contributed by atoms with Gasteiger partial charge in [0.2, 0.25) is 0 Å². The zero-order chi connectivity index (χ0) is 20.1. The van der Waals surface area contributed by atoms with Crippen LogP contribution in [0, 0.1) is 0 Å². The van der Waals surface area contributed by atoms with Crippen molar-refractivity contribution in [2.75, 3.05) is 48.5 Å². The highest BCUT2D eigenvalue weighted by atomic mass is 16.5. The van der Waals surface area contributed by atoms with Gasteiger partial charge in [0.25, 0.3) is 5.91 Å². The summed E-state index contributed by atoms with van der Waals surface area (Å²) in [6.45, 7) is 3.22. The Morgan fingerprint density at radius 3 is 2.45 bits per heavy atom. The monoisotopic (exact) mass is 388 g/mol. The molecule has 1 aromatic heterocycles. The topological polar surface area (TPSA) is 57.7 Å². The summed E-state index contributed by atoms with van der Waals surface area (Å²) in [5, 5.41) is 3.43. The van der Waals surface area contributed by atoms with E-state index < -0.39 is 0 Å². The number of hydrogen-bond donors (Lipinski definition) is 1. The van der Waals surface area contributed by atoms with Gasteiger partial charge in [0.05, 0.1) is 36.5 Å². The average Bonchev–Trinajstić information content (AvgIpc) is 2.80. The van der Waals surface area contributed by atoms with Gasteiger partial charge in [-0.3, -0.25) is 4.79 Å². The number of anilines is 4. The molecule has 1 saturated heterocycles. The third kappa shape index (κ3) is 4.38. The van der Waals surface area contributed by atoms with Gasteiger partial charge >= 0.3 is 0 Å². The molecular weight excluding hydrogens is 364 g/mol. The van der Waals surface area contributed by atoms with Crippen molar-refractivity contribution in [3.05, 3.63) is 78.6 Å². The van der Waals surface area contributed by atoms with E-state index in [2.05, 4.69) is 21.3 Å². The number of para-hydroxylation sites is 3. The molecule has 4 rings (SSSR count). The van der Waals surface area contributed by atoms with Crippen molar-refractivity contribution in [1.82, 2.24) is 4.98 Å². The van der Waals surface area contributed by atoms with Crippen molar-refractivity contribution in [3.8, 4) is 0 Å². The van der Waals surface area contributed by atoms with E-state index in [0.29, 0.717) is 5.69 Å². The molecule has 0 bridgehead atoms. The Morgan fingerprint density at radius 1 is 1.00 bits per heavy atom. The summed E-state index contributed by atoms with van der Waals surface area (Å²) in [7, 11) is 1.75. The van der Waals surface area contributed by atoms with Crippen molar-refractivity contribution < 1.29 is 9.53 Å². The van der Waals surface area contributed by atoms with Gasteiger partial charge in [0, 0.05) is 25.8 Å². The number of benzene rings is 2. The lowest BCUT2D eigenvalue weighted by molar-refractivity contribution is 0.0988. The summed E-state index contributed by atoms with van der Waals surface area (Å²) in [5.41, 5.74) is 4.23. The van der Waals surface area contributed by atoms with Gasteiger partial charge in [-0.2, -0.15) is 0 Å². The van der Waals surface area contributed by atoms with Crippen LogP contribution in [0.4, 0.5) is 22.7 Å². The van der Waals surface area contributed by atoms with Gasteiger partial charge in [0.1, 0.15) is 5.69 Å². The van der Waals surface area contributed by atoms with Crippen LogP contribution in [0.15, 0.2) is 72.9 Å². The van der Waals surface area contributed by atoms with E-state index in [1.807, 2.05) is 54.6 Å². The lowest BCUT2D eigenvalue weighted by Crippen LogP contribution is -2.36. The molecule has 0 atom stereocenters. The fourth-order valence-corrected chi connectivity index (χ4v) is 3.35. The number of aromatic nitrogens is 1. The molecule has 0 spiro atoms. The molecule has 0 radical (unpaired) electrons. The number of ether oxygens (including phenoxy) is 1. The lowest BCUT2D eigenvalue weighted by Gasteiger charge is -2.30. The van der Waals surface area contributed by atoms with Crippen molar-refractivity contribution >= 4 is 28.7 Å². The second-order valence-corrected chi connectivity index (χ2v) is 6.87. The maximum absolute atomic E-state index is 12.7. The first-order valence-corrected chi connectivity index (χ1v) is 9.70. The number of morpholine rings is 1. The first-order chi connectivity index (χ1) is 14.2. The maximum Gasteiger partial charge on any atom is 0.276 e. The van der Waals surface area contributed by atoms with Gasteiger partial charge in [-0.15, -0.1) is 0 Å². The fraction of sp³-hybridized carbons (Fsp3) is 0.217. The molecule has 1 amide bonds. The van der Waals surface area contributed by atoms with Crippen LogP contribution in [0.25, 0.3) is 0 Å². The Morgan fingerprint density at radius 2 is 1.72 bits per heavy atom. The Hall–Kier alpha value is -3.38. The van der Waals surface area contributed by atoms with Crippen LogP contribution >= 0.6 is 0 Å². The highest BCUT2D eigenvalue weighted by Crippen LogP contribution is 2.29. The first kappa shape index (κ1) is 19.0. The van der Waals surface area contributed by atoms with Crippen molar-refractivity contribution in [2.24, 2.45) is 0 Å². The molecule has 0 unspecified atom stereocenters. The van der Waals surface area contributed by atoms with Gasteiger partial charge in [-0.05, 0) is 36.4 Å². The normalized spacial score (nSPS) is 13.8. The Balaban J connectivity index is 1.48. The van der Waals surface area contributed by atoms with E-state index in [4.69, 9.17) is 4.74 Å². The highest BCUT2D eigenvalue weighted by Gasteiger charge is 2.16. The number of pyridine rings is 1. The molecule has 3 aromatic rings. The van der Waals surface area contributed by atoms with E-state index in [1.54, 1.807) is 24.2 Å². The lowest BCUT2D eigenvalue weighted by atomic mass is 10.2. The quantitative estimate of drug-likeness (QED) is 0.718. The van der Waals surface area contributed by atoms with Crippen LogP contribution in [0.2, 0.25) is 0 Å². The maximum atomic E-state index is 12.7. The SMILES string of the molecule is CN(C(=O)c1ccc(Nc2ccccc2N2CCOCC2)cn1)c1ccccc1. The fourth-order valence-electron chi connectivity index (χ4n) is 3.35. The van der Waals surface area contributed by atoms with Crippen molar-refractivity contribution in [1.29, 1.82) is 0 Å². The van der Waals surface area contributed by atoms with Crippen molar-refractivity contribution in [2.45, 2.75) is 0 Å². The Kier molecular flexibility index (Phi) is 5.72. The predicted octanol–water partition coefficient (Wildman–Crippen LogP) is 3.94. The standard InChI is InChI=1S/C23H24N4O2/c1-26(19-7-3-2-4-8-19)23(28)21-12-11-18(17-24-21)25-20-9-5-6-10-22(20)27-13-15-29-16-14-27/h2-12,17,25H,13-16H2,1H3. The first-order valence-electron chi connectivity index (χ1n) is 9.70. The van der Waals surface area contributed by atoms with Gasteiger partial charge < -0.3 is 19.9 Å². The summed E-state index contributed by atoms with van der Waals surface area (Å²) in [6.07, 6.45) is 1.70. The average molecular weight is 388 g/mol. The summed E-state index contributed by atoms with van der Waals surface area (Å²) >= 11 is 0. The summed E-state index contributed by atoms with van der Waals surface area (Å²) < 4.78 is 5.46. The molecule has 1 N–H and O–H groups in total. The molecule has 1 aliphatic rings. The largest absolute Gasteiger partial charge is 0.378 e. The van der Waals surface area contributed by atoms with Crippen LogP contribution in [-0.4, -0.2) is 44.2 Å². The molecular formula is C23H24N4O2.